The van der Waals surface area contributed by atoms with Crippen LogP contribution >= 0.6 is 0 Å². The molecular weight excluding hydrogens is 286 g/mol. The lowest BCUT2D eigenvalue weighted by molar-refractivity contribution is 0.601. The van der Waals surface area contributed by atoms with Gasteiger partial charge < -0.3 is 0 Å². The highest BCUT2D eigenvalue weighted by Crippen LogP contribution is 2.22. The fourth-order valence-corrected chi connectivity index (χ4v) is 2.89. The third-order valence-corrected chi connectivity index (χ3v) is 4.30. The summed E-state index contributed by atoms with van der Waals surface area (Å²) < 4.78 is 27.0. The minimum Gasteiger partial charge on any atom is -0.278 e. The standard InChI is InChI=1S/C15H11N3O2S/c1-11-3-2-4-15(14(11)10-17)18-21(19,20)13-7-5-12(9-16)6-8-13/h2-8,18H,1H3. The van der Waals surface area contributed by atoms with Gasteiger partial charge in [-0.1, -0.05) is 12.1 Å². The van der Waals surface area contributed by atoms with Crippen molar-refractivity contribution in [1.82, 2.24) is 0 Å². The van der Waals surface area contributed by atoms with Crippen LogP contribution in [0.4, 0.5) is 5.69 Å². The predicted octanol–water partition coefficient (Wildman–Crippen LogP) is 2.54. The van der Waals surface area contributed by atoms with E-state index in [1.54, 1.807) is 19.1 Å². The number of anilines is 1. The first kappa shape index (κ1) is 14.6. The van der Waals surface area contributed by atoms with Crippen molar-refractivity contribution in [1.29, 1.82) is 10.5 Å². The lowest BCUT2D eigenvalue weighted by Gasteiger charge is -2.10. The molecule has 1 N–H and O–H groups in total. The molecule has 0 aliphatic rings. The van der Waals surface area contributed by atoms with Gasteiger partial charge in [-0.05, 0) is 42.8 Å². The first-order valence-corrected chi connectivity index (χ1v) is 7.49. The van der Waals surface area contributed by atoms with Gasteiger partial charge in [0, 0.05) is 0 Å². The Morgan fingerprint density at radius 1 is 1.00 bits per heavy atom. The van der Waals surface area contributed by atoms with Gasteiger partial charge in [0.25, 0.3) is 10.0 Å². The van der Waals surface area contributed by atoms with Crippen LogP contribution in [0.25, 0.3) is 0 Å². The Bertz CT molecular complexity index is 857. The van der Waals surface area contributed by atoms with E-state index in [4.69, 9.17) is 10.5 Å². The molecule has 0 atom stereocenters. The minimum absolute atomic E-state index is 0.0342. The van der Waals surface area contributed by atoms with E-state index in [0.717, 1.165) is 0 Å². The van der Waals surface area contributed by atoms with E-state index in [-0.39, 0.29) is 16.1 Å². The van der Waals surface area contributed by atoms with E-state index < -0.39 is 10.0 Å². The van der Waals surface area contributed by atoms with Crippen LogP contribution in [0.3, 0.4) is 0 Å². The van der Waals surface area contributed by atoms with E-state index in [0.29, 0.717) is 11.1 Å². The molecule has 0 aromatic heterocycles. The zero-order chi connectivity index (χ0) is 15.5. The molecular formula is C15H11N3O2S. The maximum absolute atomic E-state index is 12.3. The smallest absolute Gasteiger partial charge is 0.261 e. The first-order valence-electron chi connectivity index (χ1n) is 6.00. The van der Waals surface area contributed by atoms with Gasteiger partial charge in [-0.25, -0.2) is 8.42 Å². The SMILES string of the molecule is Cc1cccc(NS(=O)(=O)c2ccc(C#N)cc2)c1C#N. The second-order valence-corrected chi connectivity index (χ2v) is 6.03. The summed E-state index contributed by atoms with van der Waals surface area (Å²) in [5.74, 6) is 0. The van der Waals surface area contributed by atoms with E-state index >= 15 is 0 Å². The zero-order valence-corrected chi connectivity index (χ0v) is 12.0. The predicted molar refractivity (Wildman–Crippen MR) is 77.9 cm³/mol. The van der Waals surface area contributed by atoms with Gasteiger partial charge in [-0.3, -0.25) is 4.72 Å². The van der Waals surface area contributed by atoms with Gasteiger partial charge in [0.1, 0.15) is 6.07 Å². The van der Waals surface area contributed by atoms with Crippen molar-refractivity contribution < 1.29 is 8.42 Å². The van der Waals surface area contributed by atoms with Crippen molar-refractivity contribution in [3.05, 3.63) is 59.2 Å². The highest BCUT2D eigenvalue weighted by Gasteiger charge is 2.16. The highest BCUT2D eigenvalue weighted by molar-refractivity contribution is 7.92. The van der Waals surface area contributed by atoms with Gasteiger partial charge in [-0.15, -0.1) is 0 Å². The molecule has 2 rings (SSSR count). The molecule has 21 heavy (non-hydrogen) atoms. The number of benzene rings is 2. The number of rotatable bonds is 3. The van der Waals surface area contributed by atoms with Crippen LogP contribution in [0, 0.1) is 29.6 Å². The van der Waals surface area contributed by atoms with Crippen molar-refractivity contribution in [2.24, 2.45) is 0 Å². The third-order valence-electron chi connectivity index (χ3n) is 2.92. The number of hydrogen-bond acceptors (Lipinski definition) is 4. The Morgan fingerprint density at radius 2 is 1.67 bits per heavy atom. The monoisotopic (exact) mass is 297 g/mol. The molecule has 0 fully saturated rings. The Hall–Kier alpha value is -2.83. The summed E-state index contributed by atoms with van der Waals surface area (Å²) in [7, 11) is -3.80. The molecule has 0 saturated heterocycles. The second kappa shape index (κ2) is 5.66. The molecule has 0 heterocycles. The lowest BCUT2D eigenvalue weighted by atomic mass is 10.1. The highest BCUT2D eigenvalue weighted by atomic mass is 32.2. The van der Waals surface area contributed by atoms with Gasteiger partial charge in [-0.2, -0.15) is 10.5 Å². The van der Waals surface area contributed by atoms with Gasteiger partial charge >= 0.3 is 0 Å². The molecule has 0 aliphatic heterocycles. The van der Waals surface area contributed by atoms with Crippen molar-refractivity contribution in [3.63, 3.8) is 0 Å². The Labute approximate surface area is 123 Å². The maximum Gasteiger partial charge on any atom is 0.261 e. The van der Waals surface area contributed by atoms with Crippen LogP contribution in [0.1, 0.15) is 16.7 Å². The Kier molecular flexibility index (Phi) is 3.93. The number of aryl methyl sites for hydroxylation is 1. The Balaban J connectivity index is 2.41. The van der Waals surface area contributed by atoms with E-state index in [1.165, 1.54) is 30.3 Å². The van der Waals surface area contributed by atoms with E-state index in [9.17, 15) is 8.42 Å². The summed E-state index contributed by atoms with van der Waals surface area (Å²) in [6.45, 7) is 1.73. The summed E-state index contributed by atoms with van der Waals surface area (Å²) in [5.41, 5.74) is 1.59. The fraction of sp³-hybridized carbons (Fsp3) is 0.0667. The summed E-state index contributed by atoms with van der Waals surface area (Å²) in [5, 5.41) is 17.8. The molecule has 0 radical (unpaired) electrons. The van der Waals surface area contributed by atoms with Crippen LogP contribution in [-0.2, 0) is 10.0 Å². The summed E-state index contributed by atoms with van der Waals surface area (Å²) in [4.78, 5) is 0.0342. The van der Waals surface area contributed by atoms with Crippen molar-refractivity contribution in [2.45, 2.75) is 11.8 Å². The molecule has 0 aliphatic carbocycles. The van der Waals surface area contributed by atoms with Gasteiger partial charge in [0.2, 0.25) is 0 Å². The molecule has 2 aromatic rings. The van der Waals surface area contributed by atoms with Crippen molar-refractivity contribution in [3.8, 4) is 12.1 Å². The van der Waals surface area contributed by atoms with Crippen LogP contribution in [0.5, 0.6) is 0 Å². The summed E-state index contributed by atoms with van der Waals surface area (Å²) >= 11 is 0. The van der Waals surface area contributed by atoms with Gasteiger partial charge in [0.05, 0.1) is 27.8 Å². The molecule has 104 valence electrons. The van der Waals surface area contributed by atoms with Crippen molar-refractivity contribution in [2.75, 3.05) is 4.72 Å². The fourth-order valence-electron chi connectivity index (χ4n) is 1.81. The Morgan fingerprint density at radius 3 is 2.24 bits per heavy atom. The minimum atomic E-state index is -3.80. The van der Waals surface area contributed by atoms with Crippen LogP contribution in [-0.4, -0.2) is 8.42 Å². The molecule has 0 unspecified atom stereocenters. The number of hydrogen-bond donors (Lipinski definition) is 1. The molecule has 0 spiro atoms. The van der Waals surface area contributed by atoms with Crippen LogP contribution in [0.15, 0.2) is 47.4 Å². The number of nitrogens with zero attached hydrogens (tertiary/aromatic N) is 2. The molecule has 0 saturated carbocycles. The van der Waals surface area contributed by atoms with Gasteiger partial charge in [0.15, 0.2) is 0 Å². The largest absolute Gasteiger partial charge is 0.278 e. The average molecular weight is 297 g/mol. The number of sulfonamides is 1. The second-order valence-electron chi connectivity index (χ2n) is 4.35. The molecule has 5 nitrogen and oxygen atoms in total. The topological polar surface area (TPSA) is 93.8 Å². The van der Waals surface area contributed by atoms with Crippen molar-refractivity contribution >= 4 is 15.7 Å². The third kappa shape index (κ3) is 3.02. The first-order chi connectivity index (χ1) is 9.97. The summed E-state index contributed by atoms with van der Waals surface area (Å²) in [6, 6.07) is 14.4. The molecule has 0 amide bonds. The van der Waals surface area contributed by atoms with E-state index in [1.807, 2.05) is 12.1 Å². The zero-order valence-electron chi connectivity index (χ0n) is 11.2. The van der Waals surface area contributed by atoms with Crippen LogP contribution in [0.2, 0.25) is 0 Å². The summed E-state index contributed by atoms with van der Waals surface area (Å²) in [6.07, 6.45) is 0. The maximum atomic E-state index is 12.3. The number of nitrogens with one attached hydrogen (secondary N) is 1. The lowest BCUT2D eigenvalue weighted by Crippen LogP contribution is -2.14. The average Bonchev–Trinajstić information content (AvgIpc) is 2.47. The number of nitriles is 2. The van der Waals surface area contributed by atoms with Crippen LogP contribution < -0.4 is 4.72 Å². The molecule has 6 heteroatoms. The quantitative estimate of drug-likeness (QED) is 0.942. The van der Waals surface area contributed by atoms with E-state index in [2.05, 4.69) is 4.72 Å². The normalized spacial score (nSPS) is 10.4. The molecule has 0 bridgehead atoms. The molecule has 2 aromatic carbocycles.